The Hall–Kier alpha value is -1.82. The van der Waals surface area contributed by atoms with E-state index in [1.165, 1.54) is 6.07 Å². The predicted octanol–water partition coefficient (Wildman–Crippen LogP) is 3.31. The van der Waals surface area contributed by atoms with E-state index in [0.717, 1.165) is 22.2 Å². The standard InChI is InChI=1S/C13H13FN2/c1-9-10(2)16(7-3-6-15)13-5-4-11(14)8-12(9)13/h4-5,8H,3,7H2,1-2H3. The number of fused-ring (bicyclic) bond motifs is 1. The molecule has 16 heavy (non-hydrogen) atoms. The first-order chi connectivity index (χ1) is 7.65. The topological polar surface area (TPSA) is 28.7 Å². The molecule has 0 aliphatic carbocycles. The SMILES string of the molecule is Cc1c(C)n(CCC#N)c2ccc(F)cc12. The molecule has 0 unspecified atom stereocenters. The third kappa shape index (κ3) is 1.57. The molecule has 0 atom stereocenters. The molecular formula is C13H13FN2. The van der Waals surface area contributed by atoms with E-state index in [4.69, 9.17) is 5.26 Å². The second kappa shape index (κ2) is 3.97. The van der Waals surface area contributed by atoms with Crippen LogP contribution in [0.3, 0.4) is 0 Å². The first-order valence-electron chi connectivity index (χ1n) is 5.27. The minimum absolute atomic E-state index is 0.215. The van der Waals surface area contributed by atoms with Crippen molar-refractivity contribution < 1.29 is 4.39 Å². The van der Waals surface area contributed by atoms with Crippen LogP contribution in [0.4, 0.5) is 4.39 Å². The molecule has 1 aromatic carbocycles. The monoisotopic (exact) mass is 216 g/mol. The number of nitriles is 1. The zero-order valence-corrected chi connectivity index (χ0v) is 9.42. The van der Waals surface area contributed by atoms with Crippen LogP contribution < -0.4 is 0 Å². The van der Waals surface area contributed by atoms with E-state index in [2.05, 4.69) is 10.6 Å². The normalized spacial score (nSPS) is 10.6. The fourth-order valence-electron chi connectivity index (χ4n) is 2.07. The fraction of sp³-hybridized carbons (Fsp3) is 0.308. The predicted molar refractivity (Wildman–Crippen MR) is 61.6 cm³/mol. The molecule has 2 aromatic rings. The molecule has 0 saturated heterocycles. The van der Waals surface area contributed by atoms with Crippen LogP contribution in [-0.4, -0.2) is 4.57 Å². The molecule has 0 fully saturated rings. The molecule has 1 heterocycles. The minimum atomic E-state index is -0.215. The van der Waals surface area contributed by atoms with Crippen molar-refractivity contribution in [3.05, 3.63) is 35.3 Å². The molecule has 0 aliphatic rings. The molecule has 82 valence electrons. The lowest BCUT2D eigenvalue weighted by Gasteiger charge is -2.04. The molecule has 2 nitrogen and oxygen atoms in total. The van der Waals surface area contributed by atoms with Crippen molar-refractivity contribution >= 4 is 10.9 Å². The van der Waals surface area contributed by atoms with Crippen LogP contribution >= 0.6 is 0 Å². The van der Waals surface area contributed by atoms with Gasteiger partial charge >= 0.3 is 0 Å². The molecule has 0 amide bonds. The summed E-state index contributed by atoms with van der Waals surface area (Å²) in [7, 11) is 0. The van der Waals surface area contributed by atoms with Crippen LogP contribution in [0, 0.1) is 31.0 Å². The maximum atomic E-state index is 13.1. The second-order valence-corrected chi connectivity index (χ2v) is 3.93. The molecule has 0 radical (unpaired) electrons. The van der Waals surface area contributed by atoms with Gasteiger partial charge in [0.05, 0.1) is 12.5 Å². The van der Waals surface area contributed by atoms with Gasteiger partial charge in [-0.1, -0.05) is 0 Å². The summed E-state index contributed by atoms with van der Waals surface area (Å²) >= 11 is 0. The lowest BCUT2D eigenvalue weighted by atomic mass is 10.1. The quantitative estimate of drug-likeness (QED) is 0.757. The summed E-state index contributed by atoms with van der Waals surface area (Å²) in [6, 6.07) is 6.93. The van der Waals surface area contributed by atoms with Gasteiger partial charge in [-0.05, 0) is 37.6 Å². The van der Waals surface area contributed by atoms with Gasteiger partial charge in [0.1, 0.15) is 5.82 Å². The van der Waals surface area contributed by atoms with Crippen LogP contribution in [0.15, 0.2) is 18.2 Å². The number of aryl methyl sites for hydroxylation is 2. The summed E-state index contributed by atoms with van der Waals surface area (Å²) in [4.78, 5) is 0. The Bertz CT molecular complexity index is 576. The van der Waals surface area contributed by atoms with Gasteiger partial charge in [-0.25, -0.2) is 4.39 Å². The van der Waals surface area contributed by atoms with E-state index in [0.29, 0.717) is 13.0 Å². The smallest absolute Gasteiger partial charge is 0.123 e. The molecular weight excluding hydrogens is 203 g/mol. The Balaban J connectivity index is 2.65. The highest BCUT2D eigenvalue weighted by molar-refractivity contribution is 5.85. The summed E-state index contributed by atoms with van der Waals surface area (Å²) < 4.78 is 15.2. The lowest BCUT2D eigenvalue weighted by Crippen LogP contribution is -1.99. The van der Waals surface area contributed by atoms with E-state index in [1.54, 1.807) is 12.1 Å². The van der Waals surface area contributed by atoms with Gasteiger partial charge in [0.15, 0.2) is 0 Å². The molecule has 0 bridgehead atoms. The van der Waals surface area contributed by atoms with Gasteiger partial charge in [0.2, 0.25) is 0 Å². The van der Waals surface area contributed by atoms with E-state index in [1.807, 2.05) is 13.8 Å². The van der Waals surface area contributed by atoms with Gasteiger partial charge < -0.3 is 4.57 Å². The third-order valence-electron chi connectivity index (χ3n) is 3.05. The Morgan fingerprint density at radius 2 is 2.12 bits per heavy atom. The summed E-state index contributed by atoms with van der Waals surface area (Å²) in [6.45, 7) is 4.66. The van der Waals surface area contributed by atoms with Gasteiger partial charge in [0.25, 0.3) is 0 Å². The number of halogens is 1. The molecule has 2 rings (SSSR count). The molecule has 0 spiro atoms. The van der Waals surface area contributed by atoms with Crippen molar-refractivity contribution in [3.8, 4) is 6.07 Å². The van der Waals surface area contributed by atoms with E-state index >= 15 is 0 Å². The molecule has 0 saturated carbocycles. The maximum absolute atomic E-state index is 13.1. The first-order valence-corrected chi connectivity index (χ1v) is 5.27. The Morgan fingerprint density at radius 1 is 1.38 bits per heavy atom. The lowest BCUT2D eigenvalue weighted by molar-refractivity contribution is 0.629. The first kappa shape index (κ1) is 10.7. The Labute approximate surface area is 93.9 Å². The van der Waals surface area contributed by atoms with Crippen molar-refractivity contribution in [2.45, 2.75) is 26.8 Å². The van der Waals surface area contributed by atoms with Crippen molar-refractivity contribution in [1.29, 1.82) is 5.26 Å². The van der Waals surface area contributed by atoms with E-state index < -0.39 is 0 Å². The number of nitrogens with zero attached hydrogens (tertiary/aromatic N) is 2. The largest absolute Gasteiger partial charge is 0.344 e. The van der Waals surface area contributed by atoms with E-state index in [-0.39, 0.29) is 5.82 Å². The van der Waals surface area contributed by atoms with Crippen molar-refractivity contribution in [2.24, 2.45) is 0 Å². The Morgan fingerprint density at radius 3 is 2.81 bits per heavy atom. The Kier molecular flexibility index (Phi) is 2.66. The van der Waals surface area contributed by atoms with E-state index in [9.17, 15) is 4.39 Å². The minimum Gasteiger partial charge on any atom is -0.344 e. The van der Waals surface area contributed by atoms with Crippen LogP contribution in [0.25, 0.3) is 10.9 Å². The molecule has 0 aliphatic heterocycles. The van der Waals surface area contributed by atoms with Crippen molar-refractivity contribution in [3.63, 3.8) is 0 Å². The summed E-state index contributed by atoms with van der Waals surface area (Å²) in [5.41, 5.74) is 3.20. The van der Waals surface area contributed by atoms with Crippen LogP contribution in [-0.2, 0) is 6.54 Å². The number of hydrogen-bond acceptors (Lipinski definition) is 1. The number of aromatic nitrogens is 1. The van der Waals surface area contributed by atoms with Gasteiger partial charge in [0, 0.05) is 23.1 Å². The summed E-state index contributed by atoms with van der Waals surface area (Å²) in [6.07, 6.45) is 0.474. The summed E-state index contributed by atoms with van der Waals surface area (Å²) in [5.74, 6) is -0.215. The highest BCUT2D eigenvalue weighted by Crippen LogP contribution is 2.26. The van der Waals surface area contributed by atoms with Crippen LogP contribution in [0.5, 0.6) is 0 Å². The number of benzene rings is 1. The average molecular weight is 216 g/mol. The zero-order valence-electron chi connectivity index (χ0n) is 9.42. The third-order valence-corrected chi connectivity index (χ3v) is 3.05. The molecule has 3 heteroatoms. The number of rotatable bonds is 2. The molecule has 0 N–H and O–H groups in total. The molecule has 1 aromatic heterocycles. The van der Waals surface area contributed by atoms with Gasteiger partial charge in [-0.3, -0.25) is 0 Å². The average Bonchev–Trinajstić information content (AvgIpc) is 2.50. The van der Waals surface area contributed by atoms with Gasteiger partial charge in [-0.15, -0.1) is 0 Å². The summed E-state index contributed by atoms with van der Waals surface area (Å²) in [5, 5.41) is 9.56. The van der Waals surface area contributed by atoms with Crippen LogP contribution in [0.1, 0.15) is 17.7 Å². The van der Waals surface area contributed by atoms with Crippen molar-refractivity contribution in [1.82, 2.24) is 4.57 Å². The van der Waals surface area contributed by atoms with Gasteiger partial charge in [-0.2, -0.15) is 5.26 Å². The highest BCUT2D eigenvalue weighted by Gasteiger charge is 2.10. The second-order valence-electron chi connectivity index (χ2n) is 3.93. The zero-order chi connectivity index (χ0) is 11.7. The van der Waals surface area contributed by atoms with Crippen molar-refractivity contribution in [2.75, 3.05) is 0 Å². The fourth-order valence-corrected chi connectivity index (χ4v) is 2.07. The number of hydrogen-bond donors (Lipinski definition) is 0. The van der Waals surface area contributed by atoms with Crippen LogP contribution in [0.2, 0.25) is 0 Å². The highest BCUT2D eigenvalue weighted by atomic mass is 19.1. The maximum Gasteiger partial charge on any atom is 0.123 e.